The van der Waals surface area contributed by atoms with Gasteiger partial charge in [-0.3, -0.25) is 0 Å². The van der Waals surface area contributed by atoms with Gasteiger partial charge in [0.2, 0.25) is 0 Å². The predicted molar refractivity (Wildman–Crippen MR) is 73.5 cm³/mol. The summed E-state index contributed by atoms with van der Waals surface area (Å²) in [5.41, 5.74) is 6.56. The van der Waals surface area contributed by atoms with E-state index in [0.717, 1.165) is 19.3 Å². The normalized spacial score (nSPS) is 28.0. The van der Waals surface area contributed by atoms with E-state index in [4.69, 9.17) is 17.3 Å². The largest absolute Gasteiger partial charge is 0.329 e. The molecule has 0 saturated heterocycles. The van der Waals surface area contributed by atoms with Crippen LogP contribution < -0.4 is 5.73 Å². The van der Waals surface area contributed by atoms with Gasteiger partial charge in [0.1, 0.15) is 5.82 Å². The van der Waals surface area contributed by atoms with E-state index in [-0.39, 0.29) is 17.3 Å². The fraction of sp³-hybridized carbons (Fsp3) is 0.571. The third kappa shape index (κ3) is 2.27. The Hall–Kier alpha value is -0.640. The molecule has 1 saturated carbocycles. The van der Waals surface area contributed by atoms with Crippen LogP contribution in [0.3, 0.4) is 0 Å². The molecule has 0 aromatic heterocycles. The van der Waals surface area contributed by atoms with Crippen molar-refractivity contribution < 1.29 is 4.39 Å². The molecule has 0 amide bonds. The zero-order valence-electron chi connectivity index (χ0n) is 10.9. The number of nitrogens with zero attached hydrogens (tertiary/aromatic N) is 1. The predicted octanol–water partition coefficient (Wildman–Crippen LogP) is 3.01. The Morgan fingerprint density at radius 1 is 1.50 bits per heavy atom. The molecule has 1 aliphatic rings. The minimum Gasteiger partial charge on any atom is -0.329 e. The monoisotopic (exact) mass is 270 g/mol. The van der Waals surface area contributed by atoms with E-state index in [2.05, 4.69) is 4.90 Å². The van der Waals surface area contributed by atoms with E-state index in [1.54, 1.807) is 12.1 Å². The highest BCUT2D eigenvalue weighted by Crippen LogP contribution is 2.45. The lowest BCUT2D eigenvalue weighted by atomic mass is 9.91. The molecule has 0 aliphatic heterocycles. The number of hydrogen-bond donors (Lipinski definition) is 1. The molecule has 2 unspecified atom stereocenters. The van der Waals surface area contributed by atoms with Gasteiger partial charge >= 0.3 is 0 Å². The van der Waals surface area contributed by atoms with Gasteiger partial charge < -0.3 is 10.6 Å². The smallest absolute Gasteiger partial charge is 0.128 e. The molecule has 1 aromatic rings. The molecule has 0 spiro atoms. The Morgan fingerprint density at radius 2 is 2.22 bits per heavy atom. The second-order valence-corrected chi connectivity index (χ2v) is 5.81. The molecule has 18 heavy (non-hydrogen) atoms. The van der Waals surface area contributed by atoms with Crippen LogP contribution in [0.5, 0.6) is 0 Å². The minimum atomic E-state index is -0.195. The first kappa shape index (κ1) is 13.8. The Morgan fingerprint density at radius 3 is 2.72 bits per heavy atom. The average molecular weight is 271 g/mol. The Labute approximate surface area is 113 Å². The van der Waals surface area contributed by atoms with Crippen molar-refractivity contribution in [1.29, 1.82) is 0 Å². The molecule has 2 N–H and O–H groups in total. The second kappa shape index (κ2) is 5.16. The quantitative estimate of drug-likeness (QED) is 0.915. The molecule has 2 nitrogen and oxygen atoms in total. The maximum Gasteiger partial charge on any atom is 0.128 e. The summed E-state index contributed by atoms with van der Waals surface area (Å²) in [5.74, 6) is -0.0243. The van der Waals surface area contributed by atoms with E-state index in [1.807, 2.05) is 14.1 Å². The van der Waals surface area contributed by atoms with Crippen LogP contribution in [0.15, 0.2) is 18.2 Å². The number of halogens is 2. The maximum absolute atomic E-state index is 13.9. The molecule has 1 fully saturated rings. The van der Waals surface area contributed by atoms with Crippen molar-refractivity contribution in [3.05, 3.63) is 34.6 Å². The zero-order chi connectivity index (χ0) is 13.3. The van der Waals surface area contributed by atoms with Crippen LogP contribution in [0.1, 0.15) is 30.7 Å². The van der Waals surface area contributed by atoms with Crippen molar-refractivity contribution >= 4 is 11.6 Å². The summed E-state index contributed by atoms with van der Waals surface area (Å²) in [5, 5.41) is 0.534. The third-order valence-corrected chi connectivity index (χ3v) is 4.65. The standard InChI is InChI=1S/C14H20ClFN2/c1-18(2)14(9-17)7-6-10(8-14)13-11(15)4-3-5-12(13)16/h3-5,10H,6-9,17H2,1-2H3. The second-order valence-electron chi connectivity index (χ2n) is 5.40. The molecule has 0 heterocycles. The van der Waals surface area contributed by atoms with Gasteiger partial charge in [0.15, 0.2) is 0 Å². The van der Waals surface area contributed by atoms with Crippen LogP contribution in [-0.4, -0.2) is 31.1 Å². The van der Waals surface area contributed by atoms with E-state index >= 15 is 0 Å². The summed E-state index contributed by atoms with van der Waals surface area (Å²) in [7, 11) is 4.08. The van der Waals surface area contributed by atoms with Gasteiger partial charge in [-0.05, 0) is 51.4 Å². The van der Waals surface area contributed by atoms with Crippen molar-refractivity contribution in [2.24, 2.45) is 5.73 Å². The fourth-order valence-electron chi connectivity index (χ4n) is 3.03. The number of rotatable bonds is 3. The topological polar surface area (TPSA) is 29.3 Å². The van der Waals surface area contributed by atoms with Crippen molar-refractivity contribution in [1.82, 2.24) is 4.90 Å². The van der Waals surface area contributed by atoms with Crippen LogP contribution in [0, 0.1) is 5.82 Å². The molecule has 100 valence electrons. The first-order chi connectivity index (χ1) is 8.50. The van der Waals surface area contributed by atoms with Crippen molar-refractivity contribution in [3.8, 4) is 0 Å². The Balaban J connectivity index is 2.28. The summed E-state index contributed by atoms with van der Waals surface area (Å²) in [6.07, 6.45) is 2.80. The van der Waals surface area contributed by atoms with Crippen LogP contribution >= 0.6 is 11.6 Å². The number of nitrogens with two attached hydrogens (primary N) is 1. The average Bonchev–Trinajstić information content (AvgIpc) is 2.74. The highest BCUT2D eigenvalue weighted by molar-refractivity contribution is 6.31. The third-order valence-electron chi connectivity index (χ3n) is 4.32. The molecule has 0 radical (unpaired) electrons. The lowest BCUT2D eigenvalue weighted by Crippen LogP contribution is -2.48. The SMILES string of the molecule is CN(C)C1(CN)CCC(c2c(F)cccc2Cl)C1. The van der Waals surface area contributed by atoms with Crippen molar-refractivity contribution in [2.75, 3.05) is 20.6 Å². The van der Waals surface area contributed by atoms with Crippen LogP contribution in [-0.2, 0) is 0 Å². The number of likely N-dealkylation sites (N-methyl/N-ethyl adjacent to an activating group) is 1. The summed E-state index contributed by atoms with van der Waals surface area (Å²) in [6.45, 7) is 0.600. The van der Waals surface area contributed by atoms with Crippen molar-refractivity contribution in [2.45, 2.75) is 30.7 Å². The summed E-state index contributed by atoms with van der Waals surface area (Å²) in [4.78, 5) is 2.17. The van der Waals surface area contributed by atoms with Gasteiger partial charge in [0.05, 0.1) is 0 Å². The van der Waals surface area contributed by atoms with Gasteiger partial charge in [-0.2, -0.15) is 0 Å². The maximum atomic E-state index is 13.9. The Kier molecular flexibility index (Phi) is 3.95. The number of benzene rings is 1. The van der Waals surface area contributed by atoms with E-state index < -0.39 is 0 Å². The first-order valence-electron chi connectivity index (χ1n) is 6.31. The highest BCUT2D eigenvalue weighted by Gasteiger charge is 2.41. The molecular formula is C14H20ClFN2. The van der Waals surface area contributed by atoms with Gasteiger partial charge in [0, 0.05) is 22.7 Å². The summed E-state index contributed by atoms with van der Waals surface area (Å²) in [6, 6.07) is 4.90. The van der Waals surface area contributed by atoms with Crippen LogP contribution in [0.25, 0.3) is 0 Å². The molecule has 0 bridgehead atoms. The Bertz CT molecular complexity index is 416. The molecular weight excluding hydrogens is 251 g/mol. The molecule has 2 atom stereocenters. The van der Waals surface area contributed by atoms with Crippen LogP contribution in [0.2, 0.25) is 5.02 Å². The summed E-state index contributed by atoms with van der Waals surface area (Å²) >= 11 is 6.14. The minimum absolute atomic E-state index is 0.0176. The van der Waals surface area contributed by atoms with Crippen molar-refractivity contribution in [3.63, 3.8) is 0 Å². The molecule has 2 rings (SSSR count). The van der Waals surface area contributed by atoms with E-state index in [9.17, 15) is 4.39 Å². The molecule has 1 aromatic carbocycles. The zero-order valence-corrected chi connectivity index (χ0v) is 11.7. The van der Waals surface area contributed by atoms with Gasteiger partial charge in [-0.15, -0.1) is 0 Å². The molecule has 4 heteroatoms. The van der Waals surface area contributed by atoms with E-state index in [0.29, 0.717) is 17.1 Å². The lowest BCUT2D eigenvalue weighted by Gasteiger charge is -2.35. The van der Waals surface area contributed by atoms with Gasteiger partial charge in [-0.1, -0.05) is 17.7 Å². The highest BCUT2D eigenvalue weighted by atomic mass is 35.5. The van der Waals surface area contributed by atoms with Gasteiger partial charge in [0.25, 0.3) is 0 Å². The number of hydrogen-bond acceptors (Lipinski definition) is 2. The van der Waals surface area contributed by atoms with Crippen LogP contribution in [0.4, 0.5) is 4.39 Å². The first-order valence-corrected chi connectivity index (χ1v) is 6.69. The van der Waals surface area contributed by atoms with Gasteiger partial charge in [-0.25, -0.2) is 4.39 Å². The fourth-order valence-corrected chi connectivity index (χ4v) is 3.34. The van der Waals surface area contributed by atoms with E-state index in [1.165, 1.54) is 6.07 Å². The summed E-state index contributed by atoms with van der Waals surface area (Å²) < 4.78 is 13.9. The molecule has 1 aliphatic carbocycles. The lowest BCUT2D eigenvalue weighted by molar-refractivity contribution is 0.164.